The first-order valence-corrected chi connectivity index (χ1v) is 12.6. The van der Waals surface area contributed by atoms with E-state index in [-0.39, 0.29) is 28.4 Å². The minimum absolute atomic E-state index is 0.0167. The minimum Gasteiger partial charge on any atom is -0.318 e. The van der Waals surface area contributed by atoms with Crippen LogP contribution in [0.15, 0.2) is 67.0 Å². The number of anilines is 2. The molecule has 0 saturated carbocycles. The number of alkyl halides is 3. The Kier molecular flexibility index (Phi) is 6.25. The highest BCUT2D eigenvalue weighted by atomic mass is 19.4. The number of nitrogens with zero attached hydrogens (tertiary/aromatic N) is 7. The van der Waals surface area contributed by atoms with E-state index < -0.39 is 23.7 Å². The van der Waals surface area contributed by atoms with Crippen molar-refractivity contribution in [2.75, 3.05) is 10.6 Å². The first kappa shape index (κ1) is 26.7. The van der Waals surface area contributed by atoms with Crippen LogP contribution in [-0.4, -0.2) is 46.0 Å². The first-order valence-electron chi connectivity index (χ1n) is 12.6. The Morgan fingerprint density at radius 1 is 0.833 bits per heavy atom. The molecule has 42 heavy (non-hydrogen) atoms. The molecule has 0 bridgehead atoms. The molecule has 4 heterocycles. The summed E-state index contributed by atoms with van der Waals surface area (Å²) in [6, 6.07) is 14.8. The van der Waals surface area contributed by atoms with E-state index in [0.29, 0.717) is 21.5 Å². The minimum atomic E-state index is -4.79. The van der Waals surface area contributed by atoms with E-state index in [0.717, 1.165) is 22.9 Å². The molecule has 212 valence electrons. The van der Waals surface area contributed by atoms with Crippen LogP contribution in [0.3, 0.4) is 0 Å². The maximum absolute atomic E-state index is 14.1. The molecule has 0 aliphatic heterocycles. The Labute approximate surface area is 235 Å². The number of hydrogen-bond acceptors (Lipinski definition) is 6. The number of carbonyl (C=O) groups is 2. The third-order valence-electron chi connectivity index (χ3n) is 6.88. The van der Waals surface area contributed by atoms with E-state index in [1.165, 1.54) is 24.1 Å². The molecule has 0 radical (unpaired) electrons. The van der Waals surface area contributed by atoms with Crippen molar-refractivity contribution in [3.05, 3.63) is 89.8 Å². The second-order valence-corrected chi connectivity index (χ2v) is 9.59. The molecule has 0 atom stereocenters. The van der Waals surface area contributed by atoms with Crippen LogP contribution in [0.4, 0.5) is 24.5 Å². The number of amides is 2. The van der Waals surface area contributed by atoms with Crippen molar-refractivity contribution in [2.24, 2.45) is 14.1 Å². The van der Waals surface area contributed by atoms with Crippen molar-refractivity contribution in [1.29, 1.82) is 0 Å². The van der Waals surface area contributed by atoms with Gasteiger partial charge in [-0.2, -0.15) is 28.5 Å². The zero-order valence-corrected chi connectivity index (χ0v) is 22.4. The van der Waals surface area contributed by atoms with Crippen LogP contribution >= 0.6 is 0 Å². The van der Waals surface area contributed by atoms with Crippen molar-refractivity contribution in [1.82, 2.24) is 34.2 Å². The summed E-state index contributed by atoms with van der Waals surface area (Å²) >= 11 is 0. The van der Waals surface area contributed by atoms with E-state index in [2.05, 4.69) is 30.9 Å². The number of aromatic nitrogens is 7. The predicted octanol–water partition coefficient (Wildman–Crippen LogP) is 4.85. The van der Waals surface area contributed by atoms with Gasteiger partial charge in [-0.05, 0) is 29.8 Å². The van der Waals surface area contributed by atoms with E-state index in [9.17, 15) is 22.8 Å². The molecule has 0 saturated heterocycles. The summed E-state index contributed by atoms with van der Waals surface area (Å²) in [6.45, 7) is 1.77. The maximum Gasteiger partial charge on any atom is 0.433 e. The van der Waals surface area contributed by atoms with Crippen molar-refractivity contribution in [3.63, 3.8) is 0 Å². The fourth-order valence-corrected chi connectivity index (χ4v) is 4.57. The van der Waals surface area contributed by atoms with Gasteiger partial charge in [0, 0.05) is 25.7 Å². The van der Waals surface area contributed by atoms with Gasteiger partial charge in [-0.15, -0.1) is 0 Å². The van der Waals surface area contributed by atoms with Gasteiger partial charge in [-0.25, -0.2) is 9.50 Å². The third kappa shape index (κ3) is 4.72. The zero-order chi connectivity index (χ0) is 29.8. The molecule has 11 nitrogen and oxygen atoms in total. The fourth-order valence-electron chi connectivity index (χ4n) is 4.57. The Morgan fingerprint density at radius 2 is 1.52 bits per heavy atom. The molecule has 0 spiro atoms. The Bertz CT molecular complexity index is 2020. The zero-order valence-electron chi connectivity index (χ0n) is 22.4. The molecular weight excluding hydrogens is 551 g/mol. The summed E-state index contributed by atoms with van der Waals surface area (Å²) in [5.74, 6) is -1.42. The number of hydrogen-bond donors (Lipinski definition) is 2. The van der Waals surface area contributed by atoms with Crippen LogP contribution in [-0.2, 0) is 20.3 Å². The number of fused-ring (bicyclic) bond motifs is 2. The summed E-state index contributed by atoms with van der Waals surface area (Å²) in [6.07, 6.45) is -2.04. The summed E-state index contributed by atoms with van der Waals surface area (Å²) in [5.41, 5.74) is 0.182. The Hall–Kier alpha value is -5.53. The largest absolute Gasteiger partial charge is 0.433 e. The molecule has 4 aromatic heterocycles. The SMILES string of the molecule is Cc1c(NC(=O)c2c(NC(=O)c3cc4nc(-c5ccc6ccccc6c5)cc(C(F)(F)F)n4n3)cnn2C)cnn1C. The number of halogens is 3. The Balaban J connectivity index is 1.34. The monoisotopic (exact) mass is 573 g/mol. The van der Waals surface area contributed by atoms with Gasteiger partial charge in [0.05, 0.1) is 35.2 Å². The van der Waals surface area contributed by atoms with Crippen molar-refractivity contribution in [3.8, 4) is 11.3 Å². The summed E-state index contributed by atoms with van der Waals surface area (Å²) in [4.78, 5) is 30.6. The quantitative estimate of drug-likeness (QED) is 0.304. The highest BCUT2D eigenvalue weighted by Gasteiger charge is 2.36. The molecule has 2 amide bonds. The van der Waals surface area contributed by atoms with Crippen LogP contribution in [0.25, 0.3) is 27.7 Å². The second kappa shape index (κ2) is 9.83. The van der Waals surface area contributed by atoms with E-state index in [4.69, 9.17) is 0 Å². The number of nitrogens with one attached hydrogen (secondary N) is 2. The highest BCUT2D eigenvalue weighted by Crippen LogP contribution is 2.33. The molecule has 14 heteroatoms. The standard InChI is InChI=1S/C28H22F3N9O2/c1-15-21(13-32-38(15)2)35-27(42)25-22(14-33-39(25)3)36-26(41)20-12-24-34-19(11-23(28(29,30)31)40(24)37-20)18-9-8-16-6-4-5-7-17(16)10-18/h4-14H,1-3H3,(H,35,42)(H,36,41). The van der Waals surface area contributed by atoms with Crippen molar-refractivity contribution >= 4 is 39.6 Å². The number of aryl methyl sites for hydroxylation is 2. The lowest BCUT2D eigenvalue weighted by Gasteiger charge is -2.11. The lowest BCUT2D eigenvalue weighted by Crippen LogP contribution is -2.21. The van der Waals surface area contributed by atoms with E-state index in [1.54, 1.807) is 36.9 Å². The maximum atomic E-state index is 14.1. The normalized spacial score (nSPS) is 11.8. The van der Waals surface area contributed by atoms with Crippen molar-refractivity contribution in [2.45, 2.75) is 13.1 Å². The third-order valence-corrected chi connectivity index (χ3v) is 6.88. The molecule has 2 aromatic carbocycles. The molecule has 0 fully saturated rings. The van der Waals surface area contributed by atoms with Gasteiger partial charge in [0.1, 0.15) is 5.69 Å². The lowest BCUT2D eigenvalue weighted by molar-refractivity contribution is -0.142. The first-order chi connectivity index (χ1) is 20.0. The smallest absolute Gasteiger partial charge is 0.318 e. The van der Waals surface area contributed by atoms with Gasteiger partial charge in [0.15, 0.2) is 17.0 Å². The van der Waals surface area contributed by atoms with Crippen LogP contribution in [0, 0.1) is 6.92 Å². The predicted molar refractivity (Wildman–Crippen MR) is 148 cm³/mol. The van der Waals surface area contributed by atoms with Crippen molar-refractivity contribution < 1.29 is 22.8 Å². The van der Waals surface area contributed by atoms with Gasteiger partial charge < -0.3 is 10.6 Å². The van der Waals surface area contributed by atoms with Gasteiger partial charge in [-0.1, -0.05) is 36.4 Å². The molecular formula is C28H22F3N9O2. The second-order valence-electron chi connectivity index (χ2n) is 9.59. The number of rotatable bonds is 5. The molecule has 0 unspecified atom stereocenters. The van der Waals surface area contributed by atoms with Crippen LogP contribution in [0.2, 0.25) is 0 Å². The average Bonchev–Trinajstić information content (AvgIpc) is 3.64. The number of carbonyl (C=O) groups excluding carboxylic acids is 2. The van der Waals surface area contributed by atoms with Crippen LogP contribution < -0.4 is 10.6 Å². The van der Waals surface area contributed by atoms with E-state index in [1.807, 2.05) is 24.3 Å². The van der Waals surface area contributed by atoms with Gasteiger partial charge in [-0.3, -0.25) is 19.0 Å². The Morgan fingerprint density at radius 3 is 2.24 bits per heavy atom. The number of benzene rings is 2. The fraction of sp³-hybridized carbons (Fsp3) is 0.143. The molecule has 0 aliphatic carbocycles. The van der Waals surface area contributed by atoms with Gasteiger partial charge in [0.2, 0.25) is 0 Å². The summed E-state index contributed by atoms with van der Waals surface area (Å²) < 4.78 is 45.8. The van der Waals surface area contributed by atoms with Gasteiger partial charge in [0.25, 0.3) is 11.8 Å². The summed E-state index contributed by atoms with van der Waals surface area (Å²) in [5, 5.41) is 19.1. The van der Waals surface area contributed by atoms with Crippen LogP contribution in [0.5, 0.6) is 0 Å². The van der Waals surface area contributed by atoms with Gasteiger partial charge >= 0.3 is 6.18 Å². The van der Waals surface area contributed by atoms with Crippen LogP contribution in [0.1, 0.15) is 32.4 Å². The molecule has 2 N–H and O–H groups in total. The molecule has 6 rings (SSSR count). The highest BCUT2D eigenvalue weighted by molar-refractivity contribution is 6.11. The average molecular weight is 574 g/mol. The lowest BCUT2D eigenvalue weighted by atomic mass is 10.0. The summed E-state index contributed by atoms with van der Waals surface area (Å²) in [7, 11) is 3.23. The molecule has 6 aromatic rings. The van der Waals surface area contributed by atoms with E-state index >= 15 is 0 Å². The molecule has 0 aliphatic rings. The topological polar surface area (TPSA) is 124 Å².